The van der Waals surface area contributed by atoms with Crippen LogP contribution in [0.2, 0.25) is 5.02 Å². The molecule has 1 atom stereocenters. The van der Waals surface area contributed by atoms with Crippen molar-refractivity contribution in [2.24, 2.45) is 5.73 Å². The molecule has 0 fully saturated rings. The minimum Gasteiger partial charge on any atom is -0.493 e. The van der Waals surface area contributed by atoms with Crippen molar-refractivity contribution in [3.63, 3.8) is 0 Å². The lowest BCUT2D eigenvalue weighted by atomic mass is 10.0. The molecule has 0 radical (unpaired) electrons. The lowest BCUT2D eigenvalue weighted by Gasteiger charge is -2.13. The molecule has 100 valence electrons. The summed E-state index contributed by atoms with van der Waals surface area (Å²) in [4.78, 5) is 1.17. The first-order valence-corrected chi connectivity index (χ1v) is 8.12. The monoisotopic (exact) mass is 357 g/mol. The Labute approximate surface area is 129 Å². The topological polar surface area (TPSA) is 35.2 Å². The zero-order valence-corrected chi connectivity index (χ0v) is 13.3. The van der Waals surface area contributed by atoms with Crippen LogP contribution in [-0.4, -0.2) is 6.61 Å². The second-order valence-electron chi connectivity index (χ2n) is 4.63. The molecule has 2 N–H and O–H groups in total. The third-order valence-corrected chi connectivity index (χ3v) is 5.26. The van der Waals surface area contributed by atoms with E-state index in [1.807, 2.05) is 17.5 Å². The van der Waals surface area contributed by atoms with E-state index in [4.69, 9.17) is 22.1 Å². The Balaban J connectivity index is 1.87. The standard InChI is InChI=1S/C14H13BrClNOS/c15-10-6-13(19-7-10)12(17)5-9-4-11(16)3-8-1-2-18-14(8)9/h3-4,6-7,12H,1-2,5,17H2. The van der Waals surface area contributed by atoms with E-state index >= 15 is 0 Å². The normalized spacial score (nSPS) is 15.1. The van der Waals surface area contributed by atoms with Crippen LogP contribution in [0.15, 0.2) is 28.1 Å². The van der Waals surface area contributed by atoms with E-state index in [1.54, 1.807) is 11.3 Å². The molecule has 2 aromatic rings. The highest BCUT2D eigenvalue weighted by molar-refractivity contribution is 9.10. The molecule has 0 spiro atoms. The molecule has 1 aromatic carbocycles. The van der Waals surface area contributed by atoms with Crippen molar-refractivity contribution < 1.29 is 4.74 Å². The number of thiophene rings is 1. The fourth-order valence-electron chi connectivity index (χ4n) is 2.36. The number of ether oxygens (including phenoxy) is 1. The molecule has 0 amide bonds. The molecular weight excluding hydrogens is 346 g/mol. The van der Waals surface area contributed by atoms with Crippen LogP contribution in [0.5, 0.6) is 5.75 Å². The van der Waals surface area contributed by atoms with Gasteiger partial charge in [-0.05, 0) is 51.7 Å². The molecule has 5 heteroatoms. The van der Waals surface area contributed by atoms with Gasteiger partial charge >= 0.3 is 0 Å². The first kappa shape index (κ1) is 13.4. The number of halogens is 2. The highest BCUT2D eigenvalue weighted by Gasteiger charge is 2.20. The van der Waals surface area contributed by atoms with Crippen molar-refractivity contribution in [2.75, 3.05) is 6.61 Å². The van der Waals surface area contributed by atoms with Crippen LogP contribution < -0.4 is 10.5 Å². The molecule has 1 aromatic heterocycles. The summed E-state index contributed by atoms with van der Waals surface area (Å²) in [6.45, 7) is 0.739. The highest BCUT2D eigenvalue weighted by atomic mass is 79.9. The third-order valence-electron chi connectivity index (χ3n) is 3.22. The van der Waals surface area contributed by atoms with Crippen LogP contribution in [0.4, 0.5) is 0 Å². The van der Waals surface area contributed by atoms with Crippen LogP contribution >= 0.6 is 38.9 Å². The zero-order chi connectivity index (χ0) is 13.4. The maximum Gasteiger partial charge on any atom is 0.125 e. The van der Waals surface area contributed by atoms with Gasteiger partial charge in [0.05, 0.1) is 6.61 Å². The third kappa shape index (κ3) is 2.82. The van der Waals surface area contributed by atoms with Crippen molar-refractivity contribution in [1.82, 2.24) is 0 Å². The van der Waals surface area contributed by atoms with Gasteiger partial charge in [0, 0.05) is 32.2 Å². The molecule has 0 bridgehead atoms. The number of benzene rings is 1. The Morgan fingerprint density at radius 3 is 3.00 bits per heavy atom. The summed E-state index contributed by atoms with van der Waals surface area (Å²) in [5.74, 6) is 0.982. The lowest BCUT2D eigenvalue weighted by Crippen LogP contribution is -2.12. The van der Waals surface area contributed by atoms with Crippen LogP contribution in [-0.2, 0) is 12.8 Å². The molecule has 19 heavy (non-hydrogen) atoms. The maximum absolute atomic E-state index is 6.28. The quantitative estimate of drug-likeness (QED) is 0.885. The largest absolute Gasteiger partial charge is 0.493 e. The minimum absolute atomic E-state index is 0.0249. The lowest BCUT2D eigenvalue weighted by molar-refractivity contribution is 0.352. The maximum atomic E-state index is 6.28. The van der Waals surface area contributed by atoms with E-state index in [2.05, 4.69) is 22.0 Å². The minimum atomic E-state index is -0.0249. The van der Waals surface area contributed by atoms with E-state index in [0.717, 1.165) is 40.3 Å². The first-order valence-electron chi connectivity index (χ1n) is 6.07. The van der Waals surface area contributed by atoms with Gasteiger partial charge in [-0.25, -0.2) is 0 Å². The summed E-state index contributed by atoms with van der Waals surface area (Å²) in [5.41, 5.74) is 8.58. The predicted octanol–water partition coefficient (Wildman–Crippen LogP) is 4.34. The first-order chi connectivity index (χ1) is 9.13. The summed E-state index contributed by atoms with van der Waals surface area (Å²) in [5, 5.41) is 2.81. The fourth-order valence-corrected chi connectivity index (χ4v) is 4.07. The number of fused-ring (bicyclic) bond motifs is 1. The molecule has 0 saturated heterocycles. The Morgan fingerprint density at radius 2 is 2.26 bits per heavy atom. The smallest absolute Gasteiger partial charge is 0.125 e. The second-order valence-corrected chi connectivity index (χ2v) is 6.92. The highest BCUT2D eigenvalue weighted by Crippen LogP contribution is 2.36. The van der Waals surface area contributed by atoms with Crippen molar-refractivity contribution in [2.45, 2.75) is 18.9 Å². The van der Waals surface area contributed by atoms with Gasteiger partial charge in [-0.3, -0.25) is 0 Å². The fraction of sp³-hybridized carbons (Fsp3) is 0.286. The van der Waals surface area contributed by atoms with Gasteiger partial charge in [0.15, 0.2) is 0 Å². The van der Waals surface area contributed by atoms with Crippen LogP contribution in [0, 0.1) is 0 Å². The predicted molar refractivity (Wildman–Crippen MR) is 83.3 cm³/mol. The van der Waals surface area contributed by atoms with E-state index < -0.39 is 0 Å². The Hall–Kier alpha value is -0.550. The van der Waals surface area contributed by atoms with Crippen molar-refractivity contribution in [3.05, 3.63) is 49.1 Å². The van der Waals surface area contributed by atoms with E-state index in [9.17, 15) is 0 Å². The van der Waals surface area contributed by atoms with Gasteiger partial charge in [-0.2, -0.15) is 0 Å². The molecule has 0 saturated carbocycles. The zero-order valence-electron chi connectivity index (χ0n) is 10.2. The number of hydrogen-bond acceptors (Lipinski definition) is 3. The van der Waals surface area contributed by atoms with Crippen LogP contribution in [0.1, 0.15) is 22.0 Å². The summed E-state index contributed by atoms with van der Waals surface area (Å²) in [6.07, 6.45) is 1.68. The van der Waals surface area contributed by atoms with Crippen molar-refractivity contribution >= 4 is 38.9 Å². The van der Waals surface area contributed by atoms with Gasteiger partial charge in [-0.1, -0.05) is 11.6 Å². The summed E-state index contributed by atoms with van der Waals surface area (Å²) < 4.78 is 6.79. The van der Waals surface area contributed by atoms with Crippen LogP contribution in [0.25, 0.3) is 0 Å². The average molecular weight is 359 g/mol. The summed E-state index contributed by atoms with van der Waals surface area (Å²) in [7, 11) is 0. The Kier molecular flexibility index (Phi) is 3.85. The molecule has 1 unspecified atom stereocenters. The molecular formula is C14H13BrClNOS. The van der Waals surface area contributed by atoms with Crippen molar-refractivity contribution in [3.8, 4) is 5.75 Å². The van der Waals surface area contributed by atoms with Gasteiger partial charge in [0.25, 0.3) is 0 Å². The van der Waals surface area contributed by atoms with Crippen molar-refractivity contribution in [1.29, 1.82) is 0 Å². The number of rotatable bonds is 3. The van der Waals surface area contributed by atoms with Gasteiger partial charge in [0.2, 0.25) is 0 Å². The number of hydrogen-bond donors (Lipinski definition) is 1. The summed E-state index contributed by atoms with van der Waals surface area (Å²) >= 11 is 11.3. The van der Waals surface area contributed by atoms with Gasteiger partial charge < -0.3 is 10.5 Å². The molecule has 1 aliphatic rings. The SMILES string of the molecule is NC(Cc1cc(Cl)cc2c1OCC2)c1cc(Br)cs1. The molecule has 0 aliphatic carbocycles. The van der Waals surface area contributed by atoms with E-state index in [-0.39, 0.29) is 6.04 Å². The molecule has 1 aliphatic heterocycles. The van der Waals surface area contributed by atoms with E-state index in [1.165, 1.54) is 10.4 Å². The van der Waals surface area contributed by atoms with Crippen LogP contribution in [0.3, 0.4) is 0 Å². The molecule has 3 rings (SSSR count). The average Bonchev–Trinajstić information content (AvgIpc) is 2.97. The van der Waals surface area contributed by atoms with Gasteiger partial charge in [-0.15, -0.1) is 11.3 Å². The Bertz CT molecular complexity index is 613. The molecule has 2 heterocycles. The Morgan fingerprint density at radius 1 is 1.42 bits per heavy atom. The number of nitrogens with two attached hydrogens (primary N) is 1. The second kappa shape index (κ2) is 5.44. The van der Waals surface area contributed by atoms with E-state index in [0.29, 0.717) is 0 Å². The molecule has 2 nitrogen and oxygen atoms in total. The summed E-state index contributed by atoms with van der Waals surface area (Å²) in [6, 6.07) is 6.00. The van der Waals surface area contributed by atoms with Gasteiger partial charge in [0.1, 0.15) is 5.75 Å².